The molecule has 0 spiro atoms. The monoisotopic (exact) mass is 228 g/mol. The number of primary amides is 1. The van der Waals surface area contributed by atoms with Crippen LogP contribution < -0.4 is 5.73 Å². The molecule has 96 valence electrons. The minimum Gasteiger partial charge on any atom is -0.351 e. The fraction of sp³-hybridized carbons (Fsp3) is 0.923. The van der Waals surface area contributed by atoms with Gasteiger partial charge in [0, 0.05) is 12.1 Å². The molecule has 1 atom stereocenters. The Hall–Kier alpha value is -0.730. The van der Waals surface area contributed by atoms with Crippen molar-refractivity contribution in [2.45, 2.75) is 60.4 Å². The van der Waals surface area contributed by atoms with Crippen LogP contribution in [0.5, 0.6) is 0 Å². The van der Waals surface area contributed by atoms with Crippen LogP contribution >= 0.6 is 0 Å². The molecule has 3 nitrogen and oxygen atoms in total. The summed E-state index contributed by atoms with van der Waals surface area (Å²) in [7, 11) is 0. The van der Waals surface area contributed by atoms with Crippen LogP contribution in [0.3, 0.4) is 0 Å². The second-order valence-corrected chi connectivity index (χ2v) is 6.72. The number of nitrogens with zero attached hydrogens (tertiary/aromatic N) is 1. The topological polar surface area (TPSA) is 46.3 Å². The van der Waals surface area contributed by atoms with Crippen molar-refractivity contribution in [1.29, 1.82) is 0 Å². The molecule has 2 amide bonds. The number of hydrogen-bond acceptors (Lipinski definition) is 1. The van der Waals surface area contributed by atoms with E-state index in [1.54, 1.807) is 4.90 Å². The van der Waals surface area contributed by atoms with Gasteiger partial charge in [-0.2, -0.15) is 0 Å². The van der Waals surface area contributed by atoms with Crippen LogP contribution in [0.1, 0.15) is 54.9 Å². The first-order valence-corrected chi connectivity index (χ1v) is 6.03. The first-order valence-electron chi connectivity index (χ1n) is 6.03. The van der Waals surface area contributed by atoms with Crippen LogP contribution in [-0.4, -0.2) is 23.0 Å². The molecule has 1 unspecified atom stereocenters. The largest absolute Gasteiger partial charge is 0.351 e. The van der Waals surface area contributed by atoms with Crippen molar-refractivity contribution in [1.82, 2.24) is 4.90 Å². The van der Waals surface area contributed by atoms with Gasteiger partial charge in [-0.05, 0) is 38.5 Å². The van der Waals surface area contributed by atoms with E-state index in [1.807, 2.05) is 20.8 Å². The summed E-state index contributed by atoms with van der Waals surface area (Å²) in [4.78, 5) is 13.1. The lowest BCUT2D eigenvalue weighted by Crippen LogP contribution is -2.49. The van der Waals surface area contributed by atoms with Gasteiger partial charge >= 0.3 is 6.03 Å². The second-order valence-electron chi connectivity index (χ2n) is 6.72. The highest BCUT2D eigenvalue weighted by molar-refractivity contribution is 5.72. The highest BCUT2D eigenvalue weighted by Crippen LogP contribution is 2.28. The Labute approximate surface area is 100 Å². The first kappa shape index (κ1) is 15.3. The average Bonchev–Trinajstić information content (AvgIpc) is 1.98. The molecule has 0 heterocycles. The van der Waals surface area contributed by atoms with Gasteiger partial charge in [0.2, 0.25) is 0 Å². The summed E-state index contributed by atoms with van der Waals surface area (Å²) in [5, 5.41) is 0. The molecule has 0 aliphatic carbocycles. The Morgan fingerprint density at radius 1 is 1.19 bits per heavy atom. The zero-order valence-corrected chi connectivity index (χ0v) is 11.9. The molecule has 0 aliphatic heterocycles. The highest BCUT2D eigenvalue weighted by Gasteiger charge is 2.27. The van der Waals surface area contributed by atoms with Gasteiger partial charge in [0.1, 0.15) is 0 Å². The summed E-state index contributed by atoms with van der Waals surface area (Å²) in [5.41, 5.74) is 5.49. The summed E-state index contributed by atoms with van der Waals surface area (Å²) in [6, 6.07) is -0.325. The summed E-state index contributed by atoms with van der Waals surface area (Å²) < 4.78 is 0. The molecule has 0 aromatic carbocycles. The van der Waals surface area contributed by atoms with Crippen molar-refractivity contribution in [3.63, 3.8) is 0 Å². The van der Waals surface area contributed by atoms with Crippen LogP contribution in [0.4, 0.5) is 4.79 Å². The molecule has 0 saturated heterocycles. The smallest absolute Gasteiger partial charge is 0.315 e. The van der Waals surface area contributed by atoms with E-state index in [9.17, 15) is 4.79 Å². The summed E-state index contributed by atoms with van der Waals surface area (Å²) in [6.45, 7) is 15.7. The van der Waals surface area contributed by atoms with Crippen molar-refractivity contribution >= 4 is 6.03 Å². The van der Waals surface area contributed by atoms with E-state index in [2.05, 4.69) is 27.7 Å². The zero-order valence-electron chi connectivity index (χ0n) is 11.9. The van der Waals surface area contributed by atoms with E-state index in [1.165, 1.54) is 0 Å². The fourth-order valence-corrected chi connectivity index (χ4v) is 1.53. The van der Waals surface area contributed by atoms with Gasteiger partial charge in [-0.15, -0.1) is 0 Å². The molecule has 0 bridgehead atoms. The minimum atomic E-state index is -0.325. The number of amides is 2. The minimum absolute atomic E-state index is 0.191. The standard InChI is InChI=1S/C13H28N2O/c1-10(12(2,3)4)8-9-15(11(14)16)13(5,6)7/h10H,8-9H2,1-7H3,(H2,14,16). The lowest BCUT2D eigenvalue weighted by molar-refractivity contribution is 0.135. The van der Waals surface area contributed by atoms with Gasteiger partial charge in [0.05, 0.1) is 0 Å². The number of rotatable bonds is 3. The molecular weight excluding hydrogens is 200 g/mol. The molecule has 0 radical (unpaired) electrons. The van der Waals surface area contributed by atoms with Crippen molar-refractivity contribution in [2.24, 2.45) is 17.1 Å². The number of carbonyl (C=O) groups is 1. The number of hydrogen-bond donors (Lipinski definition) is 1. The maximum absolute atomic E-state index is 11.4. The third-order valence-electron chi connectivity index (χ3n) is 3.34. The lowest BCUT2D eigenvalue weighted by Gasteiger charge is -2.36. The quantitative estimate of drug-likeness (QED) is 0.792. The summed E-state index contributed by atoms with van der Waals surface area (Å²) >= 11 is 0. The fourth-order valence-electron chi connectivity index (χ4n) is 1.53. The Bertz CT molecular complexity index is 235. The number of urea groups is 1. The maximum Gasteiger partial charge on any atom is 0.315 e. The molecular formula is C13H28N2O. The molecule has 0 aromatic rings. The Kier molecular flexibility index (Phi) is 4.84. The van der Waals surface area contributed by atoms with E-state index in [0.717, 1.165) is 13.0 Å². The van der Waals surface area contributed by atoms with Crippen LogP contribution in [0.2, 0.25) is 0 Å². The molecule has 16 heavy (non-hydrogen) atoms. The number of nitrogens with two attached hydrogens (primary N) is 1. The number of carbonyl (C=O) groups excluding carboxylic acids is 1. The normalized spacial score (nSPS) is 14.7. The molecule has 0 saturated carbocycles. The lowest BCUT2D eigenvalue weighted by atomic mass is 9.80. The molecule has 0 aliphatic rings. The van der Waals surface area contributed by atoms with Gasteiger partial charge in [-0.25, -0.2) is 4.79 Å². The van der Waals surface area contributed by atoms with Crippen molar-refractivity contribution in [2.75, 3.05) is 6.54 Å². The SMILES string of the molecule is CC(CCN(C(N)=O)C(C)(C)C)C(C)(C)C. The van der Waals surface area contributed by atoms with Gasteiger partial charge < -0.3 is 10.6 Å². The summed E-state index contributed by atoms with van der Waals surface area (Å²) in [6.07, 6.45) is 0.990. The van der Waals surface area contributed by atoms with E-state index in [-0.39, 0.29) is 17.0 Å². The van der Waals surface area contributed by atoms with E-state index in [4.69, 9.17) is 5.73 Å². The Morgan fingerprint density at radius 2 is 1.62 bits per heavy atom. The van der Waals surface area contributed by atoms with Crippen molar-refractivity contribution < 1.29 is 4.79 Å². The Morgan fingerprint density at radius 3 is 1.88 bits per heavy atom. The van der Waals surface area contributed by atoms with Crippen LogP contribution in [0.25, 0.3) is 0 Å². The van der Waals surface area contributed by atoms with Gasteiger partial charge in [-0.3, -0.25) is 0 Å². The average molecular weight is 228 g/mol. The molecule has 0 fully saturated rings. The first-order chi connectivity index (χ1) is 6.96. The molecule has 0 aromatic heterocycles. The van der Waals surface area contributed by atoms with Crippen LogP contribution in [0.15, 0.2) is 0 Å². The summed E-state index contributed by atoms with van der Waals surface area (Å²) in [5.74, 6) is 0.566. The van der Waals surface area contributed by atoms with E-state index < -0.39 is 0 Å². The molecule has 3 heteroatoms. The van der Waals surface area contributed by atoms with Gasteiger partial charge in [0.15, 0.2) is 0 Å². The van der Waals surface area contributed by atoms with Crippen molar-refractivity contribution in [3.8, 4) is 0 Å². The van der Waals surface area contributed by atoms with Crippen LogP contribution in [0, 0.1) is 11.3 Å². The Balaban J connectivity index is 4.42. The van der Waals surface area contributed by atoms with E-state index >= 15 is 0 Å². The maximum atomic E-state index is 11.4. The highest BCUT2D eigenvalue weighted by atomic mass is 16.2. The van der Waals surface area contributed by atoms with E-state index in [0.29, 0.717) is 5.92 Å². The predicted molar refractivity (Wildman–Crippen MR) is 69.3 cm³/mol. The molecule has 2 N–H and O–H groups in total. The zero-order chi connectivity index (χ0) is 13.1. The third-order valence-corrected chi connectivity index (χ3v) is 3.34. The predicted octanol–water partition coefficient (Wildman–Crippen LogP) is 3.24. The second kappa shape index (κ2) is 5.07. The van der Waals surface area contributed by atoms with Gasteiger partial charge in [-0.1, -0.05) is 27.7 Å². The third kappa shape index (κ3) is 4.86. The molecule has 0 rings (SSSR count). The van der Waals surface area contributed by atoms with Gasteiger partial charge in [0.25, 0.3) is 0 Å². The van der Waals surface area contributed by atoms with Crippen molar-refractivity contribution in [3.05, 3.63) is 0 Å². The van der Waals surface area contributed by atoms with Crippen LogP contribution in [-0.2, 0) is 0 Å².